The van der Waals surface area contributed by atoms with Gasteiger partial charge in [-0.15, -0.1) is 0 Å². The predicted octanol–water partition coefficient (Wildman–Crippen LogP) is 2.61. The van der Waals surface area contributed by atoms with Crippen molar-refractivity contribution in [3.8, 4) is 0 Å². The lowest BCUT2D eigenvalue weighted by Gasteiger charge is -2.08. The number of aromatic nitrogens is 1. The van der Waals surface area contributed by atoms with Gasteiger partial charge in [-0.1, -0.05) is 18.2 Å². The number of benzene rings is 1. The Kier molecular flexibility index (Phi) is 4.56. The summed E-state index contributed by atoms with van der Waals surface area (Å²) in [5.74, 6) is -0.315. The summed E-state index contributed by atoms with van der Waals surface area (Å²) in [6, 6.07) is 12.4. The smallest absolute Gasteiger partial charge is 0.339 e. The van der Waals surface area contributed by atoms with Crippen molar-refractivity contribution < 1.29 is 18.7 Å². The minimum atomic E-state index is -0.551. The highest BCUT2D eigenvalue weighted by molar-refractivity contribution is 6.04. The third kappa shape index (κ3) is 3.60. The van der Waals surface area contributed by atoms with Gasteiger partial charge in [0.05, 0.1) is 23.9 Å². The van der Waals surface area contributed by atoms with E-state index in [1.54, 1.807) is 31.2 Å². The van der Waals surface area contributed by atoms with Gasteiger partial charge in [-0.3, -0.25) is 9.78 Å². The van der Waals surface area contributed by atoms with Crippen LogP contribution in [0.2, 0.25) is 0 Å². The number of carbonyl (C=O) groups excluding carboxylic acids is 2. The number of hydrogen-bond acceptors (Lipinski definition) is 5. The minimum absolute atomic E-state index is 0.251. The third-order valence-corrected chi connectivity index (χ3v) is 3.44. The van der Waals surface area contributed by atoms with E-state index in [1.165, 1.54) is 6.26 Å². The maximum Gasteiger partial charge on any atom is 0.339 e. The van der Waals surface area contributed by atoms with Gasteiger partial charge in [-0.2, -0.15) is 0 Å². The van der Waals surface area contributed by atoms with Crippen LogP contribution in [0.25, 0.3) is 10.9 Å². The van der Waals surface area contributed by atoms with E-state index in [-0.39, 0.29) is 13.2 Å². The van der Waals surface area contributed by atoms with Gasteiger partial charge in [0.15, 0.2) is 6.61 Å². The maximum absolute atomic E-state index is 12.3. The van der Waals surface area contributed by atoms with Crippen molar-refractivity contribution >= 4 is 22.8 Å². The number of esters is 1. The molecule has 0 fully saturated rings. The van der Waals surface area contributed by atoms with Crippen molar-refractivity contribution in [2.45, 2.75) is 13.5 Å². The van der Waals surface area contributed by atoms with Gasteiger partial charge in [-0.25, -0.2) is 4.79 Å². The molecule has 0 aliphatic heterocycles. The van der Waals surface area contributed by atoms with Crippen molar-refractivity contribution in [3.63, 3.8) is 0 Å². The molecule has 2 aromatic heterocycles. The Morgan fingerprint density at radius 3 is 2.83 bits per heavy atom. The molecule has 0 radical (unpaired) electrons. The molecule has 0 saturated heterocycles. The van der Waals surface area contributed by atoms with Gasteiger partial charge in [-0.05, 0) is 31.2 Å². The second kappa shape index (κ2) is 6.95. The Morgan fingerprint density at radius 1 is 1.21 bits per heavy atom. The van der Waals surface area contributed by atoms with E-state index in [1.807, 2.05) is 18.2 Å². The molecule has 2 heterocycles. The number of nitrogens with one attached hydrogen (secondary N) is 1. The zero-order valence-corrected chi connectivity index (χ0v) is 13.1. The van der Waals surface area contributed by atoms with Gasteiger partial charge in [0.25, 0.3) is 5.91 Å². The molecule has 0 atom stereocenters. The van der Waals surface area contributed by atoms with E-state index in [0.29, 0.717) is 27.9 Å². The molecule has 3 aromatic rings. The van der Waals surface area contributed by atoms with E-state index in [9.17, 15) is 9.59 Å². The van der Waals surface area contributed by atoms with E-state index in [2.05, 4.69) is 10.3 Å². The lowest BCUT2D eigenvalue weighted by molar-refractivity contribution is -0.124. The number of nitrogens with zero attached hydrogens (tertiary/aromatic N) is 1. The summed E-state index contributed by atoms with van der Waals surface area (Å²) in [5, 5.41) is 3.32. The SMILES string of the molecule is Cc1cc(C(=O)OCC(=O)NCc2ccco2)c2ccccc2n1. The van der Waals surface area contributed by atoms with Crippen LogP contribution >= 0.6 is 0 Å². The number of aryl methyl sites for hydroxylation is 1. The molecule has 1 aromatic carbocycles. The Balaban J connectivity index is 1.64. The van der Waals surface area contributed by atoms with Crippen LogP contribution in [0.5, 0.6) is 0 Å². The molecule has 1 amide bonds. The highest BCUT2D eigenvalue weighted by atomic mass is 16.5. The van der Waals surface area contributed by atoms with Crippen LogP contribution in [-0.2, 0) is 16.1 Å². The molecule has 6 nitrogen and oxygen atoms in total. The Labute approximate surface area is 138 Å². The highest BCUT2D eigenvalue weighted by Gasteiger charge is 2.15. The molecule has 0 bridgehead atoms. The summed E-state index contributed by atoms with van der Waals surface area (Å²) < 4.78 is 10.2. The summed E-state index contributed by atoms with van der Waals surface area (Å²) in [7, 11) is 0. The van der Waals surface area contributed by atoms with Crippen molar-refractivity contribution in [1.29, 1.82) is 0 Å². The Morgan fingerprint density at radius 2 is 2.04 bits per heavy atom. The monoisotopic (exact) mass is 324 g/mol. The standard InChI is InChI=1S/C18H16N2O4/c1-12-9-15(14-6-2-3-7-16(14)20-12)18(22)24-11-17(21)19-10-13-5-4-8-23-13/h2-9H,10-11H2,1H3,(H,19,21). The van der Waals surface area contributed by atoms with Gasteiger partial charge < -0.3 is 14.5 Å². The zero-order chi connectivity index (χ0) is 16.9. The molecule has 0 aliphatic carbocycles. The second-order valence-corrected chi connectivity index (χ2v) is 5.26. The van der Waals surface area contributed by atoms with Gasteiger partial charge in [0, 0.05) is 11.1 Å². The number of amides is 1. The fourth-order valence-corrected chi connectivity index (χ4v) is 2.34. The highest BCUT2D eigenvalue weighted by Crippen LogP contribution is 2.19. The molecule has 0 unspecified atom stereocenters. The number of ether oxygens (including phenoxy) is 1. The summed E-state index contributed by atoms with van der Waals surface area (Å²) >= 11 is 0. The maximum atomic E-state index is 12.3. The summed E-state index contributed by atoms with van der Waals surface area (Å²) in [4.78, 5) is 28.4. The first-order valence-corrected chi connectivity index (χ1v) is 7.46. The van der Waals surface area contributed by atoms with Gasteiger partial charge in [0.2, 0.25) is 0 Å². The van der Waals surface area contributed by atoms with E-state index >= 15 is 0 Å². The molecule has 0 spiro atoms. The molecule has 1 N–H and O–H groups in total. The fraction of sp³-hybridized carbons (Fsp3) is 0.167. The Hall–Kier alpha value is -3.15. The van der Waals surface area contributed by atoms with Crippen LogP contribution in [-0.4, -0.2) is 23.5 Å². The molecule has 3 rings (SSSR count). The topological polar surface area (TPSA) is 81.4 Å². The van der Waals surface area contributed by atoms with Crippen LogP contribution in [0.4, 0.5) is 0 Å². The number of fused-ring (bicyclic) bond motifs is 1. The molecule has 24 heavy (non-hydrogen) atoms. The summed E-state index contributed by atoms with van der Waals surface area (Å²) in [5.41, 5.74) is 1.83. The molecular formula is C18H16N2O4. The van der Waals surface area contributed by atoms with E-state index in [0.717, 1.165) is 0 Å². The average Bonchev–Trinajstić information content (AvgIpc) is 3.10. The largest absolute Gasteiger partial charge is 0.467 e. The molecule has 0 aliphatic rings. The van der Waals surface area contributed by atoms with Crippen LogP contribution in [0.3, 0.4) is 0 Å². The molecule has 0 saturated carbocycles. The van der Waals surface area contributed by atoms with E-state index in [4.69, 9.17) is 9.15 Å². The van der Waals surface area contributed by atoms with Gasteiger partial charge >= 0.3 is 5.97 Å². The minimum Gasteiger partial charge on any atom is -0.467 e. The van der Waals surface area contributed by atoms with Crippen molar-refractivity contribution in [2.24, 2.45) is 0 Å². The molecule has 6 heteroatoms. The average molecular weight is 324 g/mol. The van der Waals surface area contributed by atoms with Crippen LogP contribution in [0, 0.1) is 6.92 Å². The first-order valence-electron chi connectivity index (χ1n) is 7.46. The molecule has 122 valence electrons. The third-order valence-electron chi connectivity index (χ3n) is 3.44. The molecular weight excluding hydrogens is 308 g/mol. The summed E-state index contributed by atoms with van der Waals surface area (Å²) in [6.07, 6.45) is 1.53. The number of rotatable bonds is 5. The number of hydrogen-bond donors (Lipinski definition) is 1. The summed E-state index contributed by atoms with van der Waals surface area (Å²) in [6.45, 7) is 1.70. The van der Waals surface area contributed by atoms with Crippen molar-refractivity contribution in [1.82, 2.24) is 10.3 Å². The van der Waals surface area contributed by atoms with E-state index < -0.39 is 11.9 Å². The van der Waals surface area contributed by atoms with Gasteiger partial charge in [0.1, 0.15) is 5.76 Å². The lowest BCUT2D eigenvalue weighted by Crippen LogP contribution is -2.28. The first-order chi connectivity index (χ1) is 11.6. The van der Waals surface area contributed by atoms with Crippen molar-refractivity contribution in [2.75, 3.05) is 6.61 Å². The van der Waals surface area contributed by atoms with Crippen LogP contribution in [0.1, 0.15) is 21.8 Å². The van der Waals surface area contributed by atoms with Crippen LogP contribution < -0.4 is 5.32 Å². The first kappa shape index (κ1) is 15.7. The lowest BCUT2D eigenvalue weighted by atomic mass is 10.1. The number of para-hydroxylation sites is 1. The second-order valence-electron chi connectivity index (χ2n) is 5.26. The quantitative estimate of drug-likeness (QED) is 0.730. The fourth-order valence-electron chi connectivity index (χ4n) is 2.34. The zero-order valence-electron chi connectivity index (χ0n) is 13.1. The number of furan rings is 1. The predicted molar refractivity (Wildman–Crippen MR) is 87.3 cm³/mol. The number of pyridine rings is 1. The number of carbonyl (C=O) groups is 2. The normalized spacial score (nSPS) is 10.5. The Bertz CT molecular complexity index is 872. The van der Waals surface area contributed by atoms with Crippen LogP contribution in [0.15, 0.2) is 53.1 Å². The van der Waals surface area contributed by atoms with Crippen molar-refractivity contribution in [3.05, 3.63) is 65.7 Å².